The quantitative estimate of drug-likeness (QED) is 0.899. The summed E-state index contributed by atoms with van der Waals surface area (Å²) in [6, 6.07) is 0.421. The van der Waals surface area contributed by atoms with Crippen LogP contribution in [0.1, 0.15) is 49.0 Å². The van der Waals surface area contributed by atoms with Gasteiger partial charge in [-0.15, -0.1) is 0 Å². The van der Waals surface area contributed by atoms with E-state index in [2.05, 4.69) is 20.2 Å². The lowest BCUT2D eigenvalue weighted by atomic mass is 9.78. The van der Waals surface area contributed by atoms with Gasteiger partial charge in [-0.25, -0.2) is 4.98 Å². The van der Waals surface area contributed by atoms with Crippen molar-refractivity contribution < 1.29 is 4.79 Å². The summed E-state index contributed by atoms with van der Waals surface area (Å²) in [5.74, 6) is 1.39. The largest absolute Gasteiger partial charge is 0.372 e. The van der Waals surface area contributed by atoms with Gasteiger partial charge in [0.05, 0.1) is 12.4 Å². The zero-order valence-electron chi connectivity index (χ0n) is 12.0. The van der Waals surface area contributed by atoms with Gasteiger partial charge in [-0.1, -0.05) is 12.8 Å². The molecular weight excluding hydrogens is 252 g/mol. The monoisotopic (exact) mass is 274 g/mol. The second kappa shape index (κ2) is 5.77. The Morgan fingerprint density at radius 3 is 2.90 bits per heavy atom. The number of carbonyl (C=O) groups excluding carboxylic acids is 1. The van der Waals surface area contributed by atoms with E-state index in [9.17, 15) is 4.79 Å². The minimum Gasteiger partial charge on any atom is -0.372 e. The number of carbonyl (C=O) groups is 1. The van der Waals surface area contributed by atoms with E-state index < -0.39 is 0 Å². The number of nitrogens with one attached hydrogen (secondary N) is 1. The van der Waals surface area contributed by atoms with Crippen molar-refractivity contribution >= 4 is 11.7 Å². The van der Waals surface area contributed by atoms with E-state index in [0.29, 0.717) is 23.5 Å². The van der Waals surface area contributed by atoms with E-state index in [1.54, 1.807) is 19.4 Å². The van der Waals surface area contributed by atoms with Gasteiger partial charge < -0.3 is 10.2 Å². The topological polar surface area (TPSA) is 58.1 Å². The molecule has 0 aromatic carbocycles. The van der Waals surface area contributed by atoms with Crippen LogP contribution >= 0.6 is 0 Å². The number of fused-ring (bicyclic) bond motifs is 1. The molecule has 2 aliphatic rings. The molecule has 2 heterocycles. The Morgan fingerprint density at radius 1 is 1.25 bits per heavy atom. The first-order valence-corrected chi connectivity index (χ1v) is 7.60. The lowest BCUT2D eigenvalue weighted by Crippen LogP contribution is -2.49. The van der Waals surface area contributed by atoms with Crippen LogP contribution < -0.4 is 5.32 Å². The van der Waals surface area contributed by atoms with E-state index in [1.165, 1.54) is 25.7 Å². The van der Waals surface area contributed by atoms with Crippen LogP contribution in [0, 0.1) is 5.92 Å². The number of rotatable bonds is 2. The van der Waals surface area contributed by atoms with Gasteiger partial charge in [0.2, 0.25) is 0 Å². The molecule has 3 rings (SSSR count). The van der Waals surface area contributed by atoms with Crippen molar-refractivity contribution in [3.8, 4) is 0 Å². The van der Waals surface area contributed by atoms with Crippen molar-refractivity contribution in [1.29, 1.82) is 0 Å². The molecule has 0 unspecified atom stereocenters. The Balaban J connectivity index is 1.81. The van der Waals surface area contributed by atoms with Gasteiger partial charge in [-0.05, 0) is 31.6 Å². The third-order valence-corrected chi connectivity index (χ3v) is 4.61. The molecule has 2 fully saturated rings. The molecule has 2 atom stereocenters. The third-order valence-electron chi connectivity index (χ3n) is 4.61. The van der Waals surface area contributed by atoms with Crippen molar-refractivity contribution in [3.63, 3.8) is 0 Å². The van der Waals surface area contributed by atoms with E-state index in [-0.39, 0.29) is 5.91 Å². The SMILES string of the molecule is CNc1cncc(C(=O)N2CCC[C@H]3CCCC[C@H]32)n1. The first-order valence-electron chi connectivity index (χ1n) is 7.60. The zero-order chi connectivity index (χ0) is 13.9. The van der Waals surface area contributed by atoms with Crippen molar-refractivity contribution in [2.45, 2.75) is 44.6 Å². The molecule has 1 N–H and O–H groups in total. The number of hydrogen-bond donors (Lipinski definition) is 1. The van der Waals surface area contributed by atoms with Crippen LogP contribution in [0.25, 0.3) is 0 Å². The van der Waals surface area contributed by atoms with Crippen LogP contribution in [0.2, 0.25) is 0 Å². The molecule has 1 saturated heterocycles. The predicted molar refractivity (Wildman–Crippen MR) is 77.6 cm³/mol. The van der Waals surface area contributed by atoms with Crippen LogP contribution in [0.4, 0.5) is 5.82 Å². The normalized spacial score (nSPS) is 25.9. The molecule has 1 saturated carbocycles. The highest BCUT2D eigenvalue weighted by Crippen LogP contribution is 2.35. The Hall–Kier alpha value is -1.65. The lowest BCUT2D eigenvalue weighted by molar-refractivity contribution is 0.0385. The number of piperidine rings is 1. The van der Waals surface area contributed by atoms with Crippen LogP contribution in [0.3, 0.4) is 0 Å². The maximum absolute atomic E-state index is 12.7. The number of nitrogens with zero attached hydrogens (tertiary/aromatic N) is 3. The molecule has 1 aliphatic heterocycles. The Kier molecular flexibility index (Phi) is 3.85. The molecule has 5 heteroatoms. The summed E-state index contributed by atoms with van der Waals surface area (Å²) < 4.78 is 0. The maximum Gasteiger partial charge on any atom is 0.274 e. The number of amides is 1. The van der Waals surface area contributed by atoms with Gasteiger partial charge in [-0.2, -0.15) is 0 Å². The molecule has 5 nitrogen and oxygen atoms in total. The highest BCUT2D eigenvalue weighted by molar-refractivity contribution is 5.92. The van der Waals surface area contributed by atoms with E-state index in [0.717, 1.165) is 19.4 Å². The molecule has 20 heavy (non-hydrogen) atoms. The fourth-order valence-electron chi connectivity index (χ4n) is 3.61. The summed E-state index contributed by atoms with van der Waals surface area (Å²) in [5.41, 5.74) is 0.461. The van der Waals surface area contributed by atoms with Gasteiger partial charge in [0.25, 0.3) is 5.91 Å². The summed E-state index contributed by atoms with van der Waals surface area (Å²) in [7, 11) is 1.79. The number of likely N-dealkylation sites (tertiary alicyclic amines) is 1. The first-order chi connectivity index (χ1) is 9.79. The highest BCUT2D eigenvalue weighted by atomic mass is 16.2. The Labute approximate surface area is 119 Å². The second-order valence-electron chi connectivity index (χ2n) is 5.79. The molecule has 0 bridgehead atoms. The van der Waals surface area contributed by atoms with Crippen LogP contribution in [0.5, 0.6) is 0 Å². The summed E-state index contributed by atoms with van der Waals surface area (Å²) in [6.07, 6.45) is 10.6. The fraction of sp³-hybridized carbons (Fsp3) is 0.667. The average molecular weight is 274 g/mol. The fourth-order valence-corrected chi connectivity index (χ4v) is 3.61. The maximum atomic E-state index is 12.7. The van der Waals surface area contributed by atoms with Gasteiger partial charge in [0, 0.05) is 19.6 Å². The average Bonchev–Trinajstić information content (AvgIpc) is 2.53. The van der Waals surface area contributed by atoms with Gasteiger partial charge in [-0.3, -0.25) is 9.78 Å². The molecule has 1 aromatic rings. The molecule has 0 spiro atoms. The molecule has 0 radical (unpaired) electrons. The van der Waals surface area contributed by atoms with Gasteiger partial charge in [0.15, 0.2) is 0 Å². The lowest BCUT2D eigenvalue weighted by Gasteiger charge is -2.44. The Morgan fingerprint density at radius 2 is 2.05 bits per heavy atom. The summed E-state index contributed by atoms with van der Waals surface area (Å²) in [5, 5.41) is 2.94. The van der Waals surface area contributed by atoms with Crippen LogP contribution in [0.15, 0.2) is 12.4 Å². The van der Waals surface area contributed by atoms with Crippen LogP contribution in [-0.4, -0.2) is 40.4 Å². The predicted octanol–water partition coefficient (Wildman–Crippen LogP) is 2.31. The summed E-state index contributed by atoms with van der Waals surface area (Å²) >= 11 is 0. The highest BCUT2D eigenvalue weighted by Gasteiger charge is 2.36. The van der Waals surface area contributed by atoms with Gasteiger partial charge >= 0.3 is 0 Å². The van der Waals surface area contributed by atoms with Crippen molar-refractivity contribution in [3.05, 3.63) is 18.1 Å². The number of aromatic nitrogens is 2. The molecule has 1 aromatic heterocycles. The summed E-state index contributed by atoms with van der Waals surface area (Å²) in [4.78, 5) is 23.2. The van der Waals surface area contributed by atoms with Crippen LogP contribution in [-0.2, 0) is 0 Å². The minimum absolute atomic E-state index is 0.0474. The van der Waals surface area contributed by atoms with Gasteiger partial charge in [0.1, 0.15) is 11.5 Å². The molecule has 108 valence electrons. The first kappa shape index (κ1) is 13.3. The molecular formula is C15H22N4O. The number of anilines is 1. The van der Waals surface area contributed by atoms with E-state index >= 15 is 0 Å². The van der Waals surface area contributed by atoms with Crippen molar-refractivity contribution in [1.82, 2.24) is 14.9 Å². The zero-order valence-corrected chi connectivity index (χ0v) is 12.0. The van der Waals surface area contributed by atoms with E-state index in [4.69, 9.17) is 0 Å². The minimum atomic E-state index is 0.0474. The smallest absolute Gasteiger partial charge is 0.274 e. The van der Waals surface area contributed by atoms with E-state index in [1.807, 2.05) is 0 Å². The second-order valence-corrected chi connectivity index (χ2v) is 5.79. The molecule has 1 amide bonds. The summed E-state index contributed by atoms with van der Waals surface area (Å²) in [6.45, 7) is 0.867. The van der Waals surface area contributed by atoms with Crippen molar-refractivity contribution in [2.24, 2.45) is 5.92 Å². The van der Waals surface area contributed by atoms with Crippen molar-refractivity contribution in [2.75, 3.05) is 18.9 Å². The third kappa shape index (κ3) is 2.49. The standard InChI is InChI=1S/C15H22N4O/c1-16-14-10-17-9-12(18-14)15(20)19-8-4-6-11-5-2-3-7-13(11)19/h9-11,13H,2-8H2,1H3,(H,16,18)/t11-,13-/m1/s1. The molecule has 1 aliphatic carbocycles. The Bertz CT molecular complexity index is 489. The number of hydrogen-bond acceptors (Lipinski definition) is 4.